The molecule has 0 aromatic carbocycles. The van der Waals surface area contributed by atoms with Crippen molar-refractivity contribution in [2.24, 2.45) is 7.05 Å². The van der Waals surface area contributed by atoms with E-state index in [1.54, 1.807) is 6.20 Å². The number of pyridine rings is 1. The number of anilines is 1. The fourth-order valence-corrected chi connectivity index (χ4v) is 4.05. The van der Waals surface area contributed by atoms with Gasteiger partial charge in [0, 0.05) is 49.4 Å². The van der Waals surface area contributed by atoms with Gasteiger partial charge < -0.3 is 9.84 Å². The van der Waals surface area contributed by atoms with Gasteiger partial charge in [0.2, 0.25) is 0 Å². The molecule has 0 spiro atoms. The number of nitrogens with zero attached hydrogens (tertiary/aromatic N) is 5. The number of aryl methyl sites for hydroxylation is 1. The van der Waals surface area contributed by atoms with E-state index in [0.717, 1.165) is 55.7 Å². The molecule has 5 rings (SSSR count). The molecule has 2 aliphatic rings. The Hall–Kier alpha value is -2.96. The van der Waals surface area contributed by atoms with Crippen molar-refractivity contribution in [3.8, 4) is 11.5 Å². The molecule has 2 saturated carbocycles. The summed E-state index contributed by atoms with van der Waals surface area (Å²) in [4.78, 5) is 8.84. The molecule has 1 atom stereocenters. The van der Waals surface area contributed by atoms with Crippen LogP contribution in [0.15, 0.2) is 41.7 Å². The van der Waals surface area contributed by atoms with E-state index in [4.69, 9.17) is 9.62 Å². The van der Waals surface area contributed by atoms with Crippen LogP contribution in [0.1, 0.15) is 79.9 Å². The molecule has 0 saturated heterocycles. The zero-order valence-electron chi connectivity index (χ0n) is 18.1. The van der Waals surface area contributed by atoms with E-state index < -0.39 is 0 Å². The molecule has 3 aromatic heterocycles. The average molecular weight is 419 g/mol. The maximum atomic E-state index is 5.42. The summed E-state index contributed by atoms with van der Waals surface area (Å²) < 4.78 is 7.46. The van der Waals surface area contributed by atoms with Crippen LogP contribution in [0.25, 0.3) is 11.5 Å². The second kappa shape index (κ2) is 8.65. The molecule has 2 aliphatic carbocycles. The Bertz CT molecular complexity index is 1050. The topological polar surface area (TPSA) is 81.7 Å². The highest BCUT2D eigenvalue weighted by Crippen LogP contribution is 2.40. The summed E-state index contributed by atoms with van der Waals surface area (Å²) in [6, 6.07) is 4.31. The SMILES string of the molecule is C=CC(CCCCNc1cncc(-c2nc(C3CC3)no2)c1)c1cc(C2CC2)nn1C. The van der Waals surface area contributed by atoms with Crippen LogP contribution in [-0.4, -0.2) is 31.4 Å². The Balaban J connectivity index is 1.10. The van der Waals surface area contributed by atoms with Crippen molar-refractivity contribution in [1.29, 1.82) is 0 Å². The lowest BCUT2D eigenvalue weighted by Crippen LogP contribution is -2.06. The maximum Gasteiger partial charge on any atom is 0.259 e. The Morgan fingerprint density at radius 1 is 1.19 bits per heavy atom. The highest BCUT2D eigenvalue weighted by molar-refractivity contribution is 5.59. The molecule has 3 heterocycles. The van der Waals surface area contributed by atoms with Gasteiger partial charge in [-0.3, -0.25) is 9.67 Å². The first-order valence-corrected chi connectivity index (χ1v) is 11.4. The molecule has 3 aromatic rings. The first kappa shape index (κ1) is 20.0. The minimum atomic E-state index is 0.355. The van der Waals surface area contributed by atoms with Crippen LogP contribution in [0.3, 0.4) is 0 Å². The van der Waals surface area contributed by atoms with Crippen molar-refractivity contribution in [3.05, 3.63) is 54.4 Å². The summed E-state index contributed by atoms with van der Waals surface area (Å²) in [6.07, 6.45) is 13.8. The van der Waals surface area contributed by atoms with Gasteiger partial charge in [-0.05, 0) is 50.7 Å². The lowest BCUT2D eigenvalue weighted by molar-refractivity contribution is 0.422. The van der Waals surface area contributed by atoms with E-state index in [9.17, 15) is 0 Å². The first-order chi connectivity index (χ1) is 15.2. The third-order valence-electron chi connectivity index (χ3n) is 6.24. The number of aromatic nitrogens is 5. The molecule has 1 unspecified atom stereocenters. The average Bonchev–Trinajstić information content (AvgIpc) is 3.72. The molecule has 0 aliphatic heterocycles. The second-order valence-electron chi connectivity index (χ2n) is 8.85. The van der Waals surface area contributed by atoms with Gasteiger partial charge in [-0.15, -0.1) is 6.58 Å². The highest BCUT2D eigenvalue weighted by Gasteiger charge is 2.29. The lowest BCUT2D eigenvalue weighted by atomic mass is 9.97. The number of nitrogens with one attached hydrogen (secondary N) is 1. The molecule has 0 amide bonds. The van der Waals surface area contributed by atoms with Gasteiger partial charge in [-0.25, -0.2) is 0 Å². The summed E-state index contributed by atoms with van der Waals surface area (Å²) in [5.74, 6) is 2.90. The summed E-state index contributed by atoms with van der Waals surface area (Å²) in [6.45, 7) is 4.96. The van der Waals surface area contributed by atoms with E-state index in [1.807, 2.05) is 16.9 Å². The van der Waals surface area contributed by atoms with Gasteiger partial charge in [-0.2, -0.15) is 10.1 Å². The molecule has 7 heteroatoms. The van der Waals surface area contributed by atoms with Gasteiger partial charge >= 0.3 is 0 Å². The van der Waals surface area contributed by atoms with Crippen LogP contribution in [0.2, 0.25) is 0 Å². The lowest BCUT2D eigenvalue weighted by Gasteiger charge is -2.13. The second-order valence-corrected chi connectivity index (χ2v) is 8.85. The quantitative estimate of drug-likeness (QED) is 0.342. The van der Waals surface area contributed by atoms with Gasteiger partial charge in [0.05, 0.1) is 16.9 Å². The van der Waals surface area contributed by atoms with Crippen molar-refractivity contribution in [1.82, 2.24) is 24.9 Å². The summed E-state index contributed by atoms with van der Waals surface area (Å²) >= 11 is 0. The van der Waals surface area contributed by atoms with Crippen molar-refractivity contribution in [2.75, 3.05) is 11.9 Å². The van der Waals surface area contributed by atoms with Crippen molar-refractivity contribution in [2.45, 2.75) is 62.7 Å². The normalized spacial score (nSPS) is 16.9. The smallest absolute Gasteiger partial charge is 0.259 e. The molecule has 2 fully saturated rings. The van der Waals surface area contributed by atoms with Crippen LogP contribution in [0.5, 0.6) is 0 Å². The summed E-state index contributed by atoms with van der Waals surface area (Å²) in [7, 11) is 2.05. The van der Waals surface area contributed by atoms with Crippen molar-refractivity contribution < 1.29 is 4.52 Å². The Morgan fingerprint density at radius 3 is 2.81 bits per heavy atom. The number of rotatable bonds is 11. The van der Waals surface area contributed by atoms with Gasteiger partial charge in [0.1, 0.15) is 0 Å². The van der Waals surface area contributed by atoms with E-state index in [0.29, 0.717) is 23.6 Å². The minimum Gasteiger partial charge on any atom is -0.384 e. The maximum absolute atomic E-state index is 5.42. The molecule has 162 valence electrons. The predicted octanol–water partition coefficient (Wildman–Crippen LogP) is 5.17. The van der Waals surface area contributed by atoms with Crippen LogP contribution in [0.4, 0.5) is 5.69 Å². The van der Waals surface area contributed by atoms with Crippen molar-refractivity contribution in [3.63, 3.8) is 0 Å². The molecule has 0 bridgehead atoms. The van der Waals surface area contributed by atoms with Crippen LogP contribution < -0.4 is 5.32 Å². The number of hydrogen-bond donors (Lipinski definition) is 1. The van der Waals surface area contributed by atoms with E-state index in [1.165, 1.54) is 24.2 Å². The van der Waals surface area contributed by atoms with Crippen LogP contribution in [-0.2, 0) is 7.05 Å². The molecular weight excluding hydrogens is 388 g/mol. The molecule has 7 nitrogen and oxygen atoms in total. The Kier molecular flexibility index (Phi) is 5.57. The van der Waals surface area contributed by atoms with E-state index in [2.05, 4.69) is 46.2 Å². The molecule has 0 radical (unpaired) electrons. The van der Waals surface area contributed by atoms with E-state index in [-0.39, 0.29) is 0 Å². The first-order valence-electron chi connectivity index (χ1n) is 11.4. The zero-order chi connectivity index (χ0) is 21.2. The highest BCUT2D eigenvalue weighted by atomic mass is 16.5. The monoisotopic (exact) mass is 418 g/mol. The minimum absolute atomic E-state index is 0.355. The molecular formula is C24H30N6O. The van der Waals surface area contributed by atoms with Gasteiger partial charge in [0.25, 0.3) is 5.89 Å². The van der Waals surface area contributed by atoms with Gasteiger partial charge in [0.15, 0.2) is 5.82 Å². The third-order valence-corrected chi connectivity index (χ3v) is 6.24. The van der Waals surface area contributed by atoms with Gasteiger partial charge in [-0.1, -0.05) is 17.7 Å². The predicted molar refractivity (Wildman–Crippen MR) is 120 cm³/mol. The summed E-state index contributed by atoms with van der Waals surface area (Å²) in [5, 5.41) is 12.3. The fraction of sp³-hybridized carbons (Fsp3) is 0.500. The Labute approximate surface area is 183 Å². The fourth-order valence-electron chi connectivity index (χ4n) is 4.05. The number of unbranched alkanes of at least 4 members (excludes halogenated alkanes) is 1. The molecule has 31 heavy (non-hydrogen) atoms. The van der Waals surface area contributed by atoms with E-state index >= 15 is 0 Å². The third kappa shape index (κ3) is 4.70. The van der Waals surface area contributed by atoms with Crippen molar-refractivity contribution >= 4 is 5.69 Å². The van der Waals surface area contributed by atoms with Crippen LogP contribution >= 0.6 is 0 Å². The largest absolute Gasteiger partial charge is 0.384 e. The standard InChI is InChI=1S/C24H30N6O/c1-3-16(22-13-21(17-7-8-17)28-30(22)2)6-4-5-11-26-20-12-19(14-25-15-20)24-27-23(29-31-24)18-9-10-18/h3,12-18,26H,1,4-11H2,2H3. The molecule has 1 N–H and O–H groups in total. The zero-order valence-corrected chi connectivity index (χ0v) is 18.1. The summed E-state index contributed by atoms with van der Waals surface area (Å²) in [5.41, 5.74) is 4.37. The number of hydrogen-bond acceptors (Lipinski definition) is 6. The van der Waals surface area contributed by atoms with Crippen LogP contribution in [0, 0.1) is 0 Å². The Morgan fingerprint density at radius 2 is 2.03 bits per heavy atom. The number of allylic oxidation sites excluding steroid dienone is 1.